The summed E-state index contributed by atoms with van der Waals surface area (Å²) >= 11 is 3.43. The molecule has 1 N–H and O–H groups in total. The van der Waals surface area contributed by atoms with Crippen LogP contribution in [0.1, 0.15) is 17.9 Å². The number of fused-ring (bicyclic) bond motifs is 1. The average molecular weight is 319 g/mol. The first-order chi connectivity index (χ1) is 9.33. The van der Waals surface area contributed by atoms with Crippen LogP contribution in [0.4, 0.5) is 5.69 Å². The van der Waals surface area contributed by atoms with E-state index in [9.17, 15) is 0 Å². The molecule has 3 nitrogen and oxygen atoms in total. The van der Waals surface area contributed by atoms with E-state index in [0.29, 0.717) is 5.92 Å². The SMILES string of the molecule is Brc1cncc(NCC2CCOc3ccccc32)c1. The fourth-order valence-corrected chi connectivity index (χ4v) is 2.74. The minimum Gasteiger partial charge on any atom is -0.493 e. The van der Waals surface area contributed by atoms with Crippen LogP contribution in [0.2, 0.25) is 0 Å². The molecule has 0 spiro atoms. The Kier molecular flexibility index (Phi) is 3.69. The molecule has 0 aliphatic carbocycles. The molecule has 0 bridgehead atoms. The summed E-state index contributed by atoms with van der Waals surface area (Å²) in [5.74, 6) is 1.51. The van der Waals surface area contributed by atoms with Crippen LogP contribution in [0.5, 0.6) is 5.75 Å². The summed E-state index contributed by atoms with van der Waals surface area (Å²) in [7, 11) is 0. The molecule has 4 heteroatoms. The second-order valence-electron chi connectivity index (χ2n) is 4.64. The van der Waals surface area contributed by atoms with Crippen LogP contribution < -0.4 is 10.1 Å². The second kappa shape index (κ2) is 5.61. The lowest BCUT2D eigenvalue weighted by molar-refractivity contribution is 0.270. The number of benzene rings is 1. The van der Waals surface area contributed by atoms with Crippen molar-refractivity contribution in [1.29, 1.82) is 0 Å². The standard InChI is InChI=1S/C15H15BrN2O/c16-12-7-13(10-17-9-12)18-8-11-5-6-19-15-4-2-1-3-14(11)15/h1-4,7,9-11,18H,5-6,8H2. The molecule has 1 aliphatic heterocycles. The Hall–Kier alpha value is -1.55. The first-order valence-corrected chi connectivity index (χ1v) is 7.18. The van der Waals surface area contributed by atoms with Crippen molar-refractivity contribution in [3.63, 3.8) is 0 Å². The molecule has 3 rings (SSSR count). The predicted octanol–water partition coefficient (Wildman–Crippen LogP) is 3.82. The van der Waals surface area contributed by atoms with Gasteiger partial charge in [0.2, 0.25) is 0 Å². The highest BCUT2D eigenvalue weighted by Crippen LogP contribution is 2.33. The summed E-state index contributed by atoms with van der Waals surface area (Å²) in [4.78, 5) is 4.16. The Balaban J connectivity index is 1.71. The maximum absolute atomic E-state index is 5.68. The van der Waals surface area contributed by atoms with Crippen LogP contribution in [0, 0.1) is 0 Å². The minimum absolute atomic E-state index is 0.490. The zero-order valence-corrected chi connectivity index (χ0v) is 12.1. The zero-order valence-electron chi connectivity index (χ0n) is 10.5. The van der Waals surface area contributed by atoms with Crippen molar-refractivity contribution >= 4 is 21.6 Å². The van der Waals surface area contributed by atoms with E-state index in [0.717, 1.165) is 35.5 Å². The summed E-state index contributed by atoms with van der Waals surface area (Å²) < 4.78 is 6.67. The number of aromatic nitrogens is 1. The lowest BCUT2D eigenvalue weighted by Gasteiger charge is -2.26. The number of hydrogen-bond acceptors (Lipinski definition) is 3. The molecule has 0 saturated heterocycles. The second-order valence-corrected chi connectivity index (χ2v) is 5.56. The predicted molar refractivity (Wildman–Crippen MR) is 79.7 cm³/mol. The molecule has 19 heavy (non-hydrogen) atoms. The number of anilines is 1. The van der Waals surface area contributed by atoms with Crippen molar-refractivity contribution in [1.82, 2.24) is 4.98 Å². The maximum Gasteiger partial charge on any atom is 0.122 e. The number of ether oxygens (including phenoxy) is 1. The Morgan fingerprint density at radius 1 is 1.32 bits per heavy atom. The smallest absolute Gasteiger partial charge is 0.122 e. The van der Waals surface area contributed by atoms with Crippen LogP contribution in [0.25, 0.3) is 0 Å². The van der Waals surface area contributed by atoms with Crippen molar-refractivity contribution in [2.45, 2.75) is 12.3 Å². The summed E-state index contributed by atoms with van der Waals surface area (Å²) in [6.45, 7) is 1.69. The molecular weight excluding hydrogens is 304 g/mol. The number of nitrogens with one attached hydrogen (secondary N) is 1. The largest absolute Gasteiger partial charge is 0.493 e. The Bertz CT molecular complexity index is 574. The lowest BCUT2D eigenvalue weighted by Crippen LogP contribution is -2.20. The van der Waals surface area contributed by atoms with Crippen LogP contribution in [0.15, 0.2) is 47.2 Å². The van der Waals surface area contributed by atoms with Crippen molar-refractivity contribution in [2.75, 3.05) is 18.5 Å². The number of rotatable bonds is 3. The van der Waals surface area contributed by atoms with E-state index in [1.807, 2.05) is 24.4 Å². The quantitative estimate of drug-likeness (QED) is 0.934. The molecule has 0 saturated carbocycles. The Morgan fingerprint density at radius 3 is 3.11 bits per heavy atom. The van der Waals surface area contributed by atoms with Gasteiger partial charge in [-0.15, -0.1) is 0 Å². The molecular formula is C15H15BrN2O. The normalized spacial score (nSPS) is 17.4. The van der Waals surface area contributed by atoms with Gasteiger partial charge in [0.25, 0.3) is 0 Å². The third-order valence-electron chi connectivity index (χ3n) is 3.34. The molecule has 2 aromatic rings. The van der Waals surface area contributed by atoms with Gasteiger partial charge in [-0.1, -0.05) is 18.2 Å². The summed E-state index contributed by atoms with van der Waals surface area (Å²) in [6, 6.07) is 10.3. The molecule has 1 aromatic carbocycles. The number of para-hydroxylation sites is 1. The van der Waals surface area contributed by atoms with Gasteiger partial charge in [0.15, 0.2) is 0 Å². The molecule has 1 unspecified atom stereocenters. The summed E-state index contributed by atoms with van der Waals surface area (Å²) in [5, 5.41) is 3.45. The molecule has 1 aromatic heterocycles. The minimum atomic E-state index is 0.490. The van der Waals surface area contributed by atoms with Gasteiger partial charge in [0, 0.05) is 23.1 Å². The van der Waals surface area contributed by atoms with Gasteiger partial charge in [-0.3, -0.25) is 4.98 Å². The van der Waals surface area contributed by atoms with Crippen LogP contribution in [0.3, 0.4) is 0 Å². The fraction of sp³-hybridized carbons (Fsp3) is 0.267. The first-order valence-electron chi connectivity index (χ1n) is 6.39. The average Bonchev–Trinajstić information content (AvgIpc) is 2.45. The van der Waals surface area contributed by atoms with Crippen molar-refractivity contribution < 1.29 is 4.74 Å². The Labute approximate surface area is 121 Å². The van der Waals surface area contributed by atoms with Crippen LogP contribution in [-0.2, 0) is 0 Å². The highest BCUT2D eigenvalue weighted by molar-refractivity contribution is 9.10. The highest BCUT2D eigenvalue weighted by atomic mass is 79.9. The van der Waals surface area contributed by atoms with E-state index in [1.54, 1.807) is 6.20 Å². The topological polar surface area (TPSA) is 34.2 Å². The molecule has 1 atom stereocenters. The third kappa shape index (κ3) is 2.89. The van der Waals surface area contributed by atoms with Gasteiger partial charge >= 0.3 is 0 Å². The van der Waals surface area contributed by atoms with Crippen LogP contribution in [-0.4, -0.2) is 18.1 Å². The third-order valence-corrected chi connectivity index (χ3v) is 3.77. The van der Waals surface area contributed by atoms with Gasteiger partial charge in [0.1, 0.15) is 5.75 Å². The number of nitrogens with zero attached hydrogens (tertiary/aromatic N) is 1. The van der Waals surface area contributed by atoms with Crippen molar-refractivity contribution in [3.8, 4) is 5.75 Å². The molecule has 0 amide bonds. The summed E-state index contributed by atoms with van der Waals surface area (Å²) in [5.41, 5.74) is 2.34. The van der Waals surface area contributed by atoms with E-state index in [4.69, 9.17) is 4.74 Å². The van der Waals surface area contributed by atoms with E-state index >= 15 is 0 Å². The number of pyridine rings is 1. The van der Waals surface area contributed by atoms with Gasteiger partial charge in [0.05, 0.1) is 18.5 Å². The van der Waals surface area contributed by atoms with E-state index in [2.05, 4.69) is 38.4 Å². The zero-order chi connectivity index (χ0) is 13.1. The van der Waals surface area contributed by atoms with Gasteiger partial charge in [-0.05, 0) is 40.0 Å². The van der Waals surface area contributed by atoms with E-state index in [-0.39, 0.29) is 0 Å². The molecule has 1 aliphatic rings. The number of hydrogen-bond donors (Lipinski definition) is 1. The summed E-state index contributed by atoms with van der Waals surface area (Å²) in [6.07, 6.45) is 4.68. The van der Waals surface area contributed by atoms with E-state index in [1.165, 1.54) is 5.56 Å². The maximum atomic E-state index is 5.68. The molecule has 98 valence electrons. The van der Waals surface area contributed by atoms with Gasteiger partial charge in [-0.25, -0.2) is 0 Å². The van der Waals surface area contributed by atoms with Gasteiger partial charge < -0.3 is 10.1 Å². The molecule has 0 radical (unpaired) electrons. The van der Waals surface area contributed by atoms with E-state index < -0.39 is 0 Å². The number of halogens is 1. The monoisotopic (exact) mass is 318 g/mol. The van der Waals surface area contributed by atoms with Crippen molar-refractivity contribution in [3.05, 3.63) is 52.8 Å². The van der Waals surface area contributed by atoms with Crippen molar-refractivity contribution in [2.24, 2.45) is 0 Å². The Morgan fingerprint density at radius 2 is 2.21 bits per heavy atom. The highest BCUT2D eigenvalue weighted by Gasteiger charge is 2.20. The molecule has 0 fully saturated rings. The molecule has 2 heterocycles. The van der Waals surface area contributed by atoms with Crippen LogP contribution >= 0.6 is 15.9 Å². The first kappa shape index (κ1) is 12.5. The van der Waals surface area contributed by atoms with Gasteiger partial charge in [-0.2, -0.15) is 0 Å². The lowest BCUT2D eigenvalue weighted by atomic mass is 9.93. The fourth-order valence-electron chi connectivity index (χ4n) is 2.38.